The van der Waals surface area contributed by atoms with Gasteiger partial charge in [-0.05, 0) is 29.5 Å². The smallest absolute Gasteiger partial charge is 0.0849 e. The van der Waals surface area contributed by atoms with Crippen molar-refractivity contribution in [3.63, 3.8) is 0 Å². The summed E-state index contributed by atoms with van der Waals surface area (Å²) in [5, 5.41) is 0. The van der Waals surface area contributed by atoms with E-state index in [2.05, 4.69) is 97.9 Å². The molecule has 0 spiro atoms. The minimum atomic E-state index is -1.21. The van der Waals surface area contributed by atoms with Crippen LogP contribution in [0.25, 0.3) is 0 Å². The molecule has 0 nitrogen and oxygen atoms in total. The Morgan fingerprint density at radius 3 is 1.23 bits per heavy atom. The predicted molar refractivity (Wildman–Crippen MR) is 131 cm³/mol. The lowest BCUT2D eigenvalue weighted by Gasteiger charge is -2.29. The maximum Gasteiger partial charge on any atom is 0.0849 e. The van der Waals surface area contributed by atoms with E-state index >= 15 is 0 Å². The van der Waals surface area contributed by atoms with Gasteiger partial charge in [0.2, 0.25) is 0 Å². The van der Waals surface area contributed by atoms with Crippen molar-refractivity contribution in [2.24, 2.45) is 0 Å². The van der Waals surface area contributed by atoms with Gasteiger partial charge < -0.3 is 17.0 Å². The van der Waals surface area contributed by atoms with Crippen LogP contribution in [0.5, 0.6) is 0 Å². The van der Waals surface area contributed by atoms with Crippen LogP contribution in [0.2, 0.25) is 0 Å². The summed E-state index contributed by atoms with van der Waals surface area (Å²) < 4.78 is 0. The SMILES string of the molecule is CCCCCCC[P+](Cc1ccccc1)(Cc1ccccc1)Cc1ccccc1.[Br-]. The highest BCUT2D eigenvalue weighted by atomic mass is 79.9. The van der Waals surface area contributed by atoms with Gasteiger partial charge in [0.1, 0.15) is 0 Å². The second kappa shape index (κ2) is 13.8. The normalized spacial score (nSPS) is 11.1. The number of hydrogen-bond donors (Lipinski definition) is 0. The highest BCUT2D eigenvalue weighted by Gasteiger charge is 2.37. The van der Waals surface area contributed by atoms with Gasteiger partial charge in [0.05, 0.1) is 24.6 Å². The molecule has 160 valence electrons. The van der Waals surface area contributed by atoms with Crippen molar-refractivity contribution in [2.45, 2.75) is 57.5 Å². The third kappa shape index (κ3) is 8.37. The van der Waals surface area contributed by atoms with Gasteiger partial charge in [0, 0.05) is 7.26 Å². The molecule has 30 heavy (non-hydrogen) atoms. The van der Waals surface area contributed by atoms with Gasteiger partial charge in [-0.25, -0.2) is 0 Å². The number of benzene rings is 3. The summed E-state index contributed by atoms with van der Waals surface area (Å²) in [5.74, 6) is 0. The monoisotopic (exact) mass is 482 g/mol. The van der Waals surface area contributed by atoms with E-state index in [4.69, 9.17) is 0 Å². The van der Waals surface area contributed by atoms with Crippen molar-refractivity contribution in [3.05, 3.63) is 108 Å². The van der Waals surface area contributed by atoms with Crippen LogP contribution in [0.4, 0.5) is 0 Å². The average Bonchev–Trinajstić information content (AvgIpc) is 2.76. The number of rotatable bonds is 12. The molecule has 0 bridgehead atoms. The van der Waals surface area contributed by atoms with Crippen LogP contribution in [0.15, 0.2) is 91.0 Å². The second-order valence-corrected chi connectivity index (χ2v) is 12.5. The fourth-order valence-corrected chi connectivity index (χ4v) is 9.03. The van der Waals surface area contributed by atoms with E-state index in [0.717, 1.165) is 0 Å². The summed E-state index contributed by atoms with van der Waals surface area (Å²) in [6.45, 7) is 2.30. The van der Waals surface area contributed by atoms with E-state index in [1.54, 1.807) is 0 Å². The molecule has 0 fully saturated rings. The zero-order valence-electron chi connectivity index (χ0n) is 18.3. The van der Waals surface area contributed by atoms with Crippen LogP contribution in [0, 0.1) is 0 Å². The molecule has 0 aliphatic carbocycles. The molecule has 3 aromatic rings. The summed E-state index contributed by atoms with van der Waals surface area (Å²) in [6.07, 6.45) is 12.0. The summed E-state index contributed by atoms with van der Waals surface area (Å²) >= 11 is 0. The highest BCUT2D eigenvalue weighted by Crippen LogP contribution is 2.67. The molecule has 0 atom stereocenters. The van der Waals surface area contributed by atoms with Crippen LogP contribution >= 0.6 is 7.26 Å². The number of halogens is 1. The molecule has 0 aromatic heterocycles. The lowest BCUT2D eigenvalue weighted by Crippen LogP contribution is -3.00. The molecule has 0 aliphatic heterocycles. The first kappa shape index (κ1) is 24.8. The lowest BCUT2D eigenvalue weighted by atomic mass is 10.2. The third-order valence-electron chi connectivity index (χ3n) is 5.82. The zero-order chi connectivity index (χ0) is 20.2. The van der Waals surface area contributed by atoms with E-state index in [-0.39, 0.29) is 17.0 Å². The molecule has 0 radical (unpaired) electrons. The molecule has 0 N–H and O–H groups in total. The van der Waals surface area contributed by atoms with E-state index in [0.29, 0.717) is 0 Å². The molecule has 3 rings (SSSR count). The largest absolute Gasteiger partial charge is 1.00 e. The minimum absolute atomic E-state index is 0. The minimum Gasteiger partial charge on any atom is -1.00 e. The molecule has 0 aliphatic rings. The molecular formula is C28H36BrP. The van der Waals surface area contributed by atoms with Crippen molar-refractivity contribution in [2.75, 3.05) is 6.16 Å². The Morgan fingerprint density at radius 1 is 0.500 bits per heavy atom. The van der Waals surface area contributed by atoms with Crippen molar-refractivity contribution in [3.8, 4) is 0 Å². The molecule has 0 heterocycles. The topological polar surface area (TPSA) is 0 Å². The Kier molecular flexibility index (Phi) is 11.4. The van der Waals surface area contributed by atoms with Gasteiger partial charge in [0.25, 0.3) is 0 Å². The maximum atomic E-state index is 2.34. The van der Waals surface area contributed by atoms with Gasteiger partial charge in [0.15, 0.2) is 0 Å². The average molecular weight is 483 g/mol. The fourth-order valence-electron chi connectivity index (χ4n) is 4.37. The summed E-state index contributed by atoms with van der Waals surface area (Å²) in [4.78, 5) is 0. The zero-order valence-corrected chi connectivity index (χ0v) is 20.8. The summed E-state index contributed by atoms with van der Waals surface area (Å²) in [5.41, 5.74) is 4.55. The molecule has 0 saturated heterocycles. The van der Waals surface area contributed by atoms with Crippen LogP contribution in [-0.4, -0.2) is 6.16 Å². The third-order valence-corrected chi connectivity index (χ3v) is 10.2. The molecule has 0 saturated carbocycles. The van der Waals surface area contributed by atoms with Crippen LogP contribution in [0.3, 0.4) is 0 Å². The molecular weight excluding hydrogens is 447 g/mol. The van der Waals surface area contributed by atoms with Crippen LogP contribution in [0.1, 0.15) is 55.7 Å². The Labute approximate surface area is 195 Å². The van der Waals surface area contributed by atoms with Gasteiger partial charge in [-0.3, -0.25) is 0 Å². The van der Waals surface area contributed by atoms with Crippen molar-refractivity contribution < 1.29 is 17.0 Å². The highest BCUT2D eigenvalue weighted by molar-refractivity contribution is 7.73. The predicted octanol–water partition coefficient (Wildman–Crippen LogP) is 5.58. The first-order valence-electron chi connectivity index (χ1n) is 11.3. The van der Waals surface area contributed by atoms with E-state index < -0.39 is 7.26 Å². The molecule has 2 heteroatoms. The van der Waals surface area contributed by atoms with Gasteiger partial charge in [-0.2, -0.15) is 0 Å². The summed E-state index contributed by atoms with van der Waals surface area (Å²) in [6, 6.07) is 33.7. The van der Waals surface area contributed by atoms with Gasteiger partial charge in [-0.1, -0.05) is 117 Å². The van der Waals surface area contributed by atoms with Crippen LogP contribution in [-0.2, 0) is 18.5 Å². The number of hydrogen-bond acceptors (Lipinski definition) is 0. The lowest BCUT2D eigenvalue weighted by molar-refractivity contribution is -0.00000618. The Hall–Kier alpha value is -1.43. The molecule has 0 amide bonds. The molecule has 0 unspecified atom stereocenters. The standard InChI is InChI=1S/C28H36P.BrH/c1-2-3-4-5-15-22-29(23-26-16-9-6-10-17-26,24-27-18-11-7-12-19-27)25-28-20-13-8-14-21-28;/h6-14,16-21H,2-5,15,22-25H2,1H3;1H/q+1;/p-1. The Bertz CT molecular complexity index is 700. The van der Waals surface area contributed by atoms with Crippen LogP contribution < -0.4 is 17.0 Å². The van der Waals surface area contributed by atoms with Crippen molar-refractivity contribution in [1.29, 1.82) is 0 Å². The first-order chi connectivity index (χ1) is 14.3. The molecule has 3 aromatic carbocycles. The number of unbranched alkanes of at least 4 members (excludes halogenated alkanes) is 4. The van der Waals surface area contributed by atoms with Gasteiger partial charge in [-0.15, -0.1) is 0 Å². The quantitative estimate of drug-likeness (QED) is 0.233. The van der Waals surface area contributed by atoms with E-state index in [9.17, 15) is 0 Å². The van der Waals surface area contributed by atoms with Crippen molar-refractivity contribution in [1.82, 2.24) is 0 Å². The van der Waals surface area contributed by atoms with Gasteiger partial charge >= 0.3 is 0 Å². The fraction of sp³-hybridized carbons (Fsp3) is 0.357. The van der Waals surface area contributed by atoms with Crippen molar-refractivity contribution >= 4 is 7.26 Å². The maximum absolute atomic E-state index is 2.34. The van der Waals surface area contributed by atoms with E-state index in [1.165, 1.54) is 73.4 Å². The second-order valence-electron chi connectivity index (χ2n) is 8.41. The Balaban J connectivity index is 0.00000320. The summed E-state index contributed by atoms with van der Waals surface area (Å²) in [7, 11) is -1.21. The first-order valence-corrected chi connectivity index (χ1v) is 13.8. The van der Waals surface area contributed by atoms with E-state index in [1.807, 2.05) is 0 Å². The Morgan fingerprint density at radius 2 is 0.867 bits per heavy atom.